The van der Waals surface area contributed by atoms with Gasteiger partial charge < -0.3 is 4.90 Å². The van der Waals surface area contributed by atoms with Crippen LogP contribution in [0.3, 0.4) is 0 Å². The van der Waals surface area contributed by atoms with Crippen molar-refractivity contribution in [3.8, 4) is 11.8 Å². The van der Waals surface area contributed by atoms with Crippen LogP contribution in [0.2, 0.25) is 0 Å². The minimum absolute atomic E-state index is 0.820. The normalized spacial score (nSPS) is 13.8. The number of hydrogen-bond donors (Lipinski definition) is 0. The molecule has 0 bridgehead atoms. The molecule has 1 aliphatic rings. The zero-order chi connectivity index (χ0) is 12.3. The van der Waals surface area contributed by atoms with Crippen LogP contribution in [-0.2, 0) is 6.42 Å². The van der Waals surface area contributed by atoms with Crippen molar-refractivity contribution in [2.45, 2.75) is 26.7 Å². The van der Waals surface area contributed by atoms with E-state index >= 15 is 0 Å². The molecule has 0 N–H and O–H groups in total. The first-order valence-electron chi connectivity index (χ1n) is 5.85. The average molecular weight is 223 g/mol. The van der Waals surface area contributed by atoms with Crippen LogP contribution >= 0.6 is 0 Å². The van der Waals surface area contributed by atoms with Crippen LogP contribution in [0.5, 0.6) is 0 Å². The van der Waals surface area contributed by atoms with E-state index in [1.807, 2.05) is 6.92 Å². The van der Waals surface area contributed by atoms with Crippen molar-refractivity contribution in [3.05, 3.63) is 53.9 Å². The molecule has 0 radical (unpaired) electrons. The van der Waals surface area contributed by atoms with Gasteiger partial charge in [-0.25, -0.2) is 0 Å². The van der Waals surface area contributed by atoms with Crippen LogP contribution in [0.25, 0.3) is 0 Å². The summed E-state index contributed by atoms with van der Waals surface area (Å²) in [4.78, 5) is 2.14. The Labute approximate surface area is 103 Å². The van der Waals surface area contributed by atoms with E-state index in [0.717, 1.165) is 18.5 Å². The van der Waals surface area contributed by atoms with Crippen LogP contribution in [0, 0.1) is 18.8 Å². The highest BCUT2D eigenvalue weighted by Crippen LogP contribution is 2.27. The van der Waals surface area contributed by atoms with Gasteiger partial charge in [-0.15, -0.1) is 5.92 Å². The van der Waals surface area contributed by atoms with E-state index in [1.165, 1.54) is 16.8 Å². The van der Waals surface area contributed by atoms with Gasteiger partial charge in [0.25, 0.3) is 0 Å². The second-order valence-electron chi connectivity index (χ2n) is 4.24. The molecule has 1 nitrogen and oxygen atoms in total. The summed E-state index contributed by atoms with van der Waals surface area (Å²) < 4.78 is 0. The smallest absolute Gasteiger partial charge is 0.0455 e. The highest BCUT2D eigenvalue weighted by atomic mass is 15.1. The van der Waals surface area contributed by atoms with Gasteiger partial charge in [-0.3, -0.25) is 0 Å². The summed E-state index contributed by atoms with van der Waals surface area (Å²) in [5, 5.41) is 0. The number of nitrogens with zero attached hydrogens (tertiary/aromatic N) is 1. The van der Waals surface area contributed by atoms with Gasteiger partial charge in [-0.05, 0) is 37.1 Å². The summed E-state index contributed by atoms with van der Waals surface area (Å²) in [6, 6.07) is 6.50. The lowest BCUT2D eigenvalue weighted by Crippen LogP contribution is -2.09. The Hall–Kier alpha value is -1.94. The SMILES string of the molecule is C=C1CC=CN1c1ccc(C)c(CC#CC)c1. The molecule has 2 rings (SSSR count). The predicted octanol–water partition coefficient (Wildman–Crippen LogP) is 3.80. The van der Waals surface area contributed by atoms with Crippen LogP contribution in [0.15, 0.2) is 42.8 Å². The monoisotopic (exact) mass is 223 g/mol. The summed E-state index contributed by atoms with van der Waals surface area (Å²) in [6.45, 7) is 8.07. The maximum Gasteiger partial charge on any atom is 0.0455 e. The number of anilines is 1. The van der Waals surface area contributed by atoms with Crippen molar-refractivity contribution in [1.82, 2.24) is 0 Å². The molecule has 1 heterocycles. The molecule has 0 saturated heterocycles. The lowest BCUT2D eigenvalue weighted by molar-refractivity contribution is 1.14. The quantitative estimate of drug-likeness (QED) is 0.689. The standard InChI is InChI=1S/C16H17N/c1-4-5-8-15-12-16(10-9-13(15)2)17-11-6-7-14(17)3/h6,9-12H,3,7-8H2,1-2H3. The highest BCUT2D eigenvalue weighted by molar-refractivity contribution is 5.59. The highest BCUT2D eigenvalue weighted by Gasteiger charge is 2.12. The first kappa shape index (κ1) is 11.5. The van der Waals surface area contributed by atoms with Crippen LogP contribution in [-0.4, -0.2) is 0 Å². The molecule has 0 saturated carbocycles. The summed E-state index contributed by atoms with van der Waals surface area (Å²) in [5.41, 5.74) is 4.90. The van der Waals surface area contributed by atoms with E-state index in [9.17, 15) is 0 Å². The average Bonchev–Trinajstić information content (AvgIpc) is 2.75. The van der Waals surface area contributed by atoms with E-state index in [-0.39, 0.29) is 0 Å². The molecule has 86 valence electrons. The fourth-order valence-electron chi connectivity index (χ4n) is 1.95. The Kier molecular flexibility index (Phi) is 3.35. The largest absolute Gasteiger partial charge is 0.321 e. The van der Waals surface area contributed by atoms with Gasteiger partial charge in [0.1, 0.15) is 0 Å². The number of aryl methyl sites for hydroxylation is 1. The van der Waals surface area contributed by atoms with Gasteiger partial charge in [0.2, 0.25) is 0 Å². The van der Waals surface area contributed by atoms with E-state index in [1.54, 1.807) is 0 Å². The van der Waals surface area contributed by atoms with E-state index in [2.05, 4.69) is 60.7 Å². The van der Waals surface area contributed by atoms with Crippen LogP contribution < -0.4 is 4.90 Å². The Morgan fingerprint density at radius 3 is 2.88 bits per heavy atom. The summed E-state index contributed by atoms with van der Waals surface area (Å²) >= 11 is 0. The molecule has 0 aliphatic carbocycles. The molecule has 1 heteroatoms. The molecule has 1 aromatic carbocycles. The number of rotatable bonds is 2. The molecule has 0 aromatic heterocycles. The summed E-state index contributed by atoms with van der Waals surface area (Å²) in [5.74, 6) is 6.07. The Balaban J connectivity index is 2.32. The molecule has 0 amide bonds. The third-order valence-corrected chi connectivity index (χ3v) is 3.02. The van der Waals surface area contributed by atoms with E-state index in [4.69, 9.17) is 0 Å². The molecule has 17 heavy (non-hydrogen) atoms. The number of benzene rings is 1. The maximum atomic E-state index is 4.06. The second-order valence-corrected chi connectivity index (χ2v) is 4.24. The first-order valence-corrected chi connectivity index (χ1v) is 5.85. The van der Waals surface area contributed by atoms with Gasteiger partial charge in [0.15, 0.2) is 0 Å². The third kappa shape index (κ3) is 2.42. The molecule has 0 fully saturated rings. The van der Waals surface area contributed by atoms with E-state index < -0.39 is 0 Å². The molecule has 0 unspecified atom stereocenters. The van der Waals surface area contributed by atoms with E-state index in [0.29, 0.717) is 0 Å². The first-order chi connectivity index (χ1) is 8.22. The van der Waals surface area contributed by atoms with Crippen molar-refractivity contribution >= 4 is 5.69 Å². The Morgan fingerprint density at radius 2 is 2.24 bits per heavy atom. The van der Waals surface area contributed by atoms with Gasteiger partial charge in [-0.2, -0.15) is 0 Å². The van der Waals surface area contributed by atoms with Gasteiger partial charge in [0.05, 0.1) is 0 Å². The zero-order valence-electron chi connectivity index (χ0n) is 10.5. The van der Waals surface area contributed by atoms with Crippen molar-refractivity contribution in [2.24, 2.45) is 0 Å². The topological polar surface area (TPSA) is 3.24 Å². The molecular weight excluding hydrogens is 206 g/mol. The fourth-order valence-corrected chi connectivity index (χ4v) is 1.95. The third-order valence-electron chi connectivity index (χ3n) is 3.02. The Morgan fingerprint density at radius 1 is 1.41 bits per heavy atom. The minimum Gasteiger partial charge on any atom is -0.321 e. The van der Waals surface area contributed by atoms with Crippen molar-refractivity contribution in [1.29, 1.82) is 0 Å². The fraction of sp³-hybridized carbons (Fsp3) is 0.250. The minimum atomic E-state index is 0.820. The van der Waals surface area contributed by atoms with Crippen molar-refractivity contribution in [3.63, 3.8) is 0 Å². The van der Waals surface area contributed by atoms with Gasteiger partial charge in [-0.1, -0.05) is 24.6 Å². The van der Waals surface area contributed by atoms with Crippen LogP contribution in [0.1, 0.15) is 24.5 Å². The lowest BCUT2D eigenvalue weighted by atomic mass is 10.0. The van der Waals surface area contributed by atoms with Crippen LogP contribution in [0.4, 0.5) is 5.69 Å². The van der Waals surface area contributed by atoms with Gasteiger partial charge in [0, 0.05) is 30.4 Å². The maximum absolute atomic E-state index is 4.06. The molecule has 1 aromatic rings. The molecule has 0 atom stereocenters. The summed E-state index contributed by atoms with van der Waals surface area (Å²) in [6.07, 6.45) is 5.98. The molecule has 1 aliphatic heterocycles. The lowest BCUT2D eigenvalue weighted by Gasteiger charge is -2.19. The number of allylic oxidation sites excluding steroid dienone is 1. The van der Waals surface area contributed by atoms with Crippen molar-refractivity contribution < 1.29 is 0 Å². The molecule has 0 spiro atoms. The molecular formula is C16H17N. The number of hydrogen-bond acceptors (Lipinski definition) is 1. The Bertz CT molecular complexity index is 526. The van der Waals surface area contributed by atoms with Crippen molar-refractivity contribution in [2.75, 3.05) is 4.90 Å². The predicted molar refractivity (Wildman–Crippen MR) is 73.7 cm³/mol. The van der Waals surface area contributed by atoms with Gasteiger partial charge >= 0.3 is 0 Å². The summed E-state index contributed by atoms with van der Waals surface area (Å²) in [7, 11) is 0. The zero-order valence-corrected chi connectivity index (χ0v) is 10.5. The second kappa shape index (κ2) is 4.93.